The molecular weight excluding hydrogens is 270 g/mol. The number of carbonyl (C=O) groups is 1. The first-order valence-electron chi connectivity index (χ1n) is 6.14. The van der Waals surface area contributed by atoms with Crippen molar-refractivity contribution in [3.8, 4) is 6.07 Å². The zero-order chi connectivity index (χ0) is 15.4. The third-order valence-corrected chi connectivity index (χ3v) is 2.93. The maximum Gasteiger partial charge on any atom is 0.270 e. The number of aryl methyl sites for hydroxylation is 1. The number of Topliss-reactive ketones (excluding diaryl/α,β-unsaturated/α-hetero) is 1. The molecule has 0 N–H and O–H groups in total. The quantitative estimate of drug-likeness (QED) is 0.487. The number of pyridine rings is 1. The van der Waals surface area contributed by atoms with Crippen LogP contribution in [0.3, 0.4) is 0 Å². The van der Waals surface area contributed by atoms with E-state index < -0.39 is 16.6 Å². The molecule has 0 saturated carbocycles. The number of nitrogens with zero attached hydrogens (tertiary/aromatic N) is 3. The van der Waals surface area contributed by atoms with Crippen LogP contribution in [-0.4, -0.2) is 15.7 Å². The highest BCUT2D eigenvalue weighted by Gasteiger charge is 2.24. The van der Waals surface area contributed by atoms with E-state index in [9.17, 15) is 20.2 Å². The lowest BCUT2D eigenvalue weighted by Gasteiger charge is -2.08. The summed E-state index contributed by atoms with van der Waals surface area (Å²) in [6.07, 6.45) is 1.49. The predicted molar refractivity (Wildman–Crippen MR) is 74.8 cm³/mol. The summed E-state index contributed by atoms with van der Waals surface area (Å²) in [7, 11) is 0. The Balaban J connectivity index is 2.44. The summed E-state index contributed by atoms with van der Waals surface area (Å²) < 4.78 is 0. The molecular formula is C15H11N3O3. The molecule has 0 aliphatic heterocycles. The molecule has 1 aromatic carbocycles. The largest absolute Gasteiger partial charge is 0.292 e. The van der Waals surface area contributed by atoms with Crippen LogP contribution in [0.5, 0.6) is 0 Å². The van der Waals surface area contributed by atoms with Crippen LogP contribution < -0.4 is 0 Å². The maximum absolute atomic E-state index is 12.4. The van der Waals surface area contributed by atoms with E-state index in [0.717, 1.165) is 0 Å². The first-order chi connectivity index (χ1) is 10.0. The lowest BCUT2D eigenvalue weighted by molar-refractivity contribution is -0.384. The highest BCUT2D eigenvalue weighted by Crippen LogP contribution is 2.23. The third kappa shape index (κ3) is 3.09. The van der Waals surface area contributed by atoms with Gasteiger partial charge in [-0.25, -0.2) is 0 Å². The van der Waals surface area contributed by atoms with Gasteiger partial charge in [0.15, 0.2) is 11.7 Å². The monoisotopic (exact) mass is 281 g/mol. The van der Waals surface area contributed by atoms with Gasteiger partial charge in [-0.3, -0.25) is 19.9 Å². The predicted octanol–water partition coefficient (Wildman–Crippen LogP) is 2.79. The van der Waals surface area contributed by atoms with E-state index in [1.807, 2.05) is 6.07 Å². The molecule has 6 nitrogen and oxygen atoms in total. The molecule has 0 spiro atoms. The van der Waals surface area contributed by atoms with Crippen molar-refractivity contribution >= 4 is 11.5 Å². The second kappa shape index (κ2) is 5.92. The van der Waals surface area contributed by atoms with Crippen LogP contribution in [0.4, 0.5) is 5.69 Å². The molecule has 2 rings (SSSR count). The van der Waals surface area contributed by atoms with Crippen molar-refractivity contribution in [3.05, 3.63) is 69.5 Å². The lowest BCUT2D eigenvalue weighted by Crippen LogP contribution is -2.13. The van der Waals surface area contributed by atoms with Crippen LogP contribution >= 0.6 is 0 Å². The SMILES string of the molecule is Cc1cc(C(=O)C(C#N)c2ccccn2)cc([N+](=O)[O-])c1. The smallest absolute Gasteiger partial charge is 0.270 e. The van der Waals surface area contributed by atoms with Crippen LogP contribution in [0.25, 0.3) is 0 Å². The number of ketones is 1. The molecule has 0 radical (unpaired) electrons. The number of rotatable bonds is 4. The molecule has 0 bridgehead atoms. The number of hydrogen-bond donors (Lipinski definition) is 0. The molecule has 0 aliphatic rings. The van der Waals surface area contributed by atoms with Gasteiger partial charge in [0.2, 0.25) is 0 Å². The second-order valence-electron chi connectivity index (χ2n) is 4.50. The van der Waals surface area contributed by atoms with Crippen LogP contribution in [0, 0.1) is 28.4 Å². The molecule has 1 aromatic heterocycles. The van der Waals surface area contributed by atoms with Crippen molar-refractivity contribution in [1.82, 2.24) is 4.98 Å². The van der Waals surface area contributed by atoms with Crippen molar-refractivity contribution in [2.24, 2.45) is 0 Å². The maximum atomic E-state index is 12.4. The molecule has 2 aromatic rings. The summed E-state index contributed by atoms with van der Waals surface area (Å²) in [5.41, 5.74) is 0.884. The summed E-state index contributed by atoms with van der Waals surface area (Å²) in [4.78, 5) is 26.7. The first kappa shape index (κ1) is 14.3. The van der Waals surface area contributed by atoms with E-state index in [1.54, 1.807) is 25.1 Å². The Hall–Kier alpha value is -3.07. The fourth-order valence-electron chi connectivity index (χ4n) is 1.98. The molecule has 1 heterocycles. The van der Waals surface area contributed by atoms with Crippen molar-refractivity contribution < 1.29 is 9.72 Å². The number of aromatic nitrogens is 1. The second-order valence-corrected chi connectivity index (χ2v) is 4.50. The van der Waals surface area contributed by atoms with Gasteiger partial charge in [0.1, 0.15) is 0 Å². The Morgan fingerprint density at radius 1 is 1.38 bits per heavy atom. The standard InChI is InChI=1S/C15H11N3O3/c1-10-6-11(8-12(7-10)18(20)21)15(19)13(9-16)14-4-2-3-5-17-14/h2-8,13H,1H3. The fourth-order valence-corrected chi connectivity index (χ4v) is 1.98. The van der Waals surface area contributed by atoms with E-state index in [2.05, 4.69) is 4.98 Å². The molecule has 0 fully saturated rings. The Morgan fingerprint density at radius 2 is 2.14 bits per heavy atom. The van der Waals surface area contributed by atoms with Gasteiger partial charge in [0.25, 0.3) is 5.69 Å². The van der Waals surface area contributed by atoms with E-state index >= 15 is 0 Å². The van der Waals surface area contributed by atoms with Crippen molar-refractivity contribution in [2.75, 3.05) is 0 Å². The van der Waals surface area contributed by atoms with Gasteiger partial charge in [-0.05, 0) is 30.7 Å². The summed E-state index contributed by atoms with van der Waals surface area (Å²) in [5.74, 6) is -1.57. The van der Waals surface area contributed by atoms with Crippen LogP contribution in [0.2, 0.25) is 0 Å². The summed E-state index contributed by atoms with van der Waals surface area (Å²) in [6, 6.07) is 10.9. The van der Waals surface area contributed by atoms with Crippen LogP contribution in [-0.2, 0) is 0 Å². The Bertz CT molecular complexity index is 736. The third-order valence-electron chi connectivity index (χ3n) is 2.93. The zero-order valence-electron chi connectivity index (χ0n) is 11.2. The Kier molecular flexibility index (Phi) is 4.05. The molecule has 0 amide bonds. The highest BCUT2D eigenvalue weighted by molar-refractivity contribution is 6.03. The van der Waals surface area contributed by atoms with Crippen LogP contribution in [0.1, 0.15) is 27.5 Å². The van der Waals surface area contributed by atoms with Gasteiger partial charge in [0, 0.05) is 23.9 Å². The van der Waals surface area contributed by atoms with Gasteiger partial charge >= 0.3 is 0 Å². The topological polar surface area (TPSA) is 96.9 Å². The van der Waals surface area contributed by atoms with Gasteiger partial charge < -0.3 is 0 Å². The van der Waals surface area contributed by atoms with Crippen molar-refractivity contribution in [2.45, 2.75) is 12.8 Å². The lowest BCUT2D eigenvalue weighted by atomic mass is 9.94. The summed E-state index contributed by atoms with van der Waals surface area (Å²) in [5, 5.41) is 20.1. The number of nitro benzene ring substituents is 1. The molecule has 21 heavy (non-hydrogen) atoms. The molecule has 0 saturated heterocycles. The summed E-state index contributed by atoms with van der Waals surface area (Å²) >= 11 is 0. The van der Waals surface area contributed by atoms with Gasteiger partial charge in [-0.15, -0.1) is 0 Å². The Morgan fingerprint density at radius 3 is 2.71 bits per heavy atom. The minimum Gasteiger partial charge on any atom is -0.292 e. The number of hydrogen-bond acceptors (Lipinski definition) is 5. The average molecular weight is 281 g/mol. The first-order valence-corrected chi connectivity index (χ1v) is 6.14. The van der Waals surface area contributed by atoms with Crippen molar-refractivity contribution in [3.63, 3.8) is 0 Å². The average Bonchev–Trinajstić information content (AvgIpc) is 2.48. The number of benzene rings is 1. The van der Waals surface area contributed by atoms with Gasteiger partial charge in [0.05, 0.1) is 16.7 Å². The van der Waals surface area contributed by atoms with E-state index in [-0.39, 0.29) is 11.3 Å². The number of carbonyl (C=O) groups excluding carboxylic acids is 1. The normalized spacial score (nSPS) is 11.4. The number of non-ortho nitro benzene ring substituents is 1. The molecule has 1 unspecified atom stereocenters. The van der Waals surface area contributed by atoms with Gasteiger partial charge in [-0.2, -0.15) is 5.26 Å². The van der Waals surface area contributed by atoms with E-state index in [0.29, 0.717) is 11.3 Å². The highest BCUT2D eigenvalue weighted by atomic mass is 16.6. The van der Waals surface area contributed by atoms with Crippen molar-refractivity contribution in [1.29, 1.82) is 5.26 Å². The number of nitriles is 1. The molecule has 6 heteroatoms. The number of nitro groups is 1. The zero-order valence-corrected chi connectivity index (χ0v) is 11.2. The molecule has 104 valence electrons. The van der Waals surface area contributed by atoms with E-state index in [1.165, 1.54) is 24.4 Å². The minimum atomic E-state index is -1.08. The van der Waals surface area contributed by atoms with Gasteiger partial charge in [-0.1, -0.05) is 6.07 Å². The fraction of sp³-hybridized carbons (Fsp3) is 0.133. The van der Waals surface area contributed by atoms with E-state index in [4.69, 9.17) is 0 Å². The molecule has 0 aliphatic carbocycles. The molecule has 1 atom stereocenters. The Labute approximate surface area is 120 Å². The van der Waals surface area contributed by atoms with Crippen LogP contribution in [0.15, 0.2) is 42.6 Å². The summed E-state index contributed by atoms with van der Waals surface area (Å²) in [6.45, 7) is 1.66. The minimum absolute atomic E-state index is 0.138.